The molecule has 0 bridgehead atoms. The molecule has 4 aromatic rings. The van der Waals surface area contributed by atoms with Crippen molar-refractivity contribution in [3.63, 3.8) is 0 Å². The van der Waals surface area contributed by atoms with Crippen LogP contribution in [-0.2, 0) is 18.3 Å². The van der Waals surface area contributed by atoms with E-state index in [0.717, 1.165) is 29.0 Å². The third-order valence-electron chi connectivity index (χ3n) is 6.76. The first-order valence-corrected chi connectivity index (χ1v) is 15.8. The molecule has 0 amide bonds. The van der Waals surface area contributed by atoms with Gasteiger partial charge in [-0.3, -0.25) is 32.8 Å². The second kappa shape index (κ2) is 11.0. The minimum Gasteiger partial charge on any atom is -0.395 e. The van der Waals surface area contributed by atoms with Gasteiger partial charge in [0.25, 0.3) is 11.1 Å². The number of anilines is 1. The summed E-state index contributed by atoms with van der Waals surface area (Å²) < 4.78 is 62.4. The van der Waals surface area contributed by atoms with Crippen LogP contribution >= 0.6 is 30.8 Å². The van der Waals surface area contributed by atoms with Crippen LogP contribution in [0.3, 0.4) is 0 Å². The number of fused-ring (bicyclic) bond motifs is 2. The summed E-state index contributed by atoms with van der Waals surface area (Å²) in [5.41, 5.74) is 4.28. The molecule has 4 aromatic heterocycles. The molecule has 2 aliphatic heterocycles. The van der Waals surface area contributed by atoms with E-state index in [1.807, 2.05) is 0 Å². The summed E-state index contributed by atoms with van der Waals surface area (Å²) in [6, 6.07) is 0. The van der Waals surface area contributed by atoms with Crippen LogP contribution < -0.4 is 16.9 Å². The second-order valence-corrected chi connectivity index (χ2v) is 13.6. The van der Waals surface area contributed by atoms with Gasteiger partial charge in [-0.05, 0) is 0 Å². The first-order valence-electron chi connectivity index (χ1n) is 12.2. The summed E-state index contributed by atoms with van der Waals surface area (Å²) >= 11 is 4.85. The Hall–Kier alpha value is -2.91. The van der Waals surface area contributed by atoms with Crippen molar-refractivity contribution in [1.82, 2.24) is 39.0 Å². The Morgan fingerprint density at radius 3 is 2.60 bits per heavy atom. The summed E-state index contributed by atoms with van der Waals surface area (Å²) in [4.78, 5) is 44.6. The standard InChI is InChI=1S/C20H22F2N9O8PS2/c21-8-7(1-32)42-19(31-5-27-11-15(31)28-20(23)29-17(11)35)13(8)39-40(36,41)37-2-6-12(33)9(22)18(38-6)30-4-26-10-14(30)24-3-25-16(10)34/h3-9,12-13,18-19,32-33H,1-2H2,(H,36,41)(H,24,25,34)(H3,23,28,29,35)/t6-,7-,8-,9+,12-,13-,18-,19-,40-/m1/s1. The fraction of sp³-hybridized carbons (Fsp3) is 0.500. The number of aliphatic hydroxyl groups excluding tert-OH is 2. The first-order chi connectivity index (χ1) is 20.0. The molecule has 2 fully saturated rings. The van der Waals surface area contributed by atoms with E-state index in [0.29, 0.717) is 0 Å². The van der Waals surface area contributed by atoms with Crippen LogP contribution in [0.25, 0.3) is 22.3 Å². The van der Waals surface area contributed by atoms with Gasteiger partial charge in [0.15, 0.2) is 34.7 Å². The molecule has 226 valence electrons. The number of nitrogens with zero attached hydrogens (tertiary/aromatic N) is 6. The van der Waals surface area contributed by atoms with E-state index in [4.69, 9.17) is 19.5 Å². The highest BCUT2D eigenvalue weighted by atomic mass is 32.7. The van der Waals surface area contributed by atoms with Crippen molar-refractivity contribution >= 4 is 59.1 Å². The summed E-state index contributed by atoms with van der Waals surface area (Å²) in [6.45, 7) is -5.73. The average Bonchev–Trinajstić information content (AvgIpc) is 3.69. The number of halogens is 2. The number of rotatable bonds is 8. The number of alkyl halides is 2. The molecule has 17 nitrogen and oxygen atoms in total. The number of nitrogen functional groups attached to an aromatic ring is 1. The van der Waals surface area contributed by atoms with Gasteiger partial charge in [-0.15, -0.1) is 11.8 Å². The summed E-state index contributed by atoms with van der Waals surface area (Å²) in [5.74, 6) is -0.223. The SMILES string of the molecule is Nc1nc2c(ncn2[C@@H]2S[C@H](CO)[C@@H](F)[C@H]2O[P@](=O)(S)OC[C@H]2O[C@@H](n3cnc4c(=O)[nH]cnc43)[C@@H](F)[C@@H]2O)c(=O)[nH]1. The Kier molecular flexibility index (Phi) is 7.63. The quantitative estimate of drug-likeness (QED) is 0.107. The lowest BCUT2D eigenvalue weighted by atomic mass is 10.1. The number of thioether (sulfide) groups is 1. The fourth-order valence-corrected chi connectivity index (χ4v) is 7.71. The highest BCUT2D eigenvalue weighted by Crippen LogP contribution is 2.59. The Morgan fingerprint density at radius 1 is 1.14 bits per heavy atom. The van der Waals surface area contributed by atoms with Gasteiger partial charge in [0.1, 0.15) is 29.9 Å². The van der Waals surface area contributed by atoms with E-state index in [1.165, 1.54) is 10.9 Å². The van der Waals surface area contributed by atoms with Gasteiger partial charge in [0.05, 0.1) is 37.4 Å². The molecule has 6 heterocycles. The molecule has 6 N–H and O–H groups in total. The third kappa shape index (κ3) is 5.02. The van der Waals surface area contributed by atoms with Gasteiger partial charge >= 0.3 is 6.80 Å². The topological polar surface area (TPSA) is 238 Å². The van der Waals surface area contributed by atoms with Crippen molar-refractivity contribution < 1.29 is 37.3 Å². The average molecular weight is 650 g/mol. The maximum atomic E-state index is 15.4. The van der Waals surface area contributed by atoms with Gasteiger partial charge in [-0.25, -0.2) is 28.3 Å². The molecule has 0 radical (unpaired) electrons. The monoisotopic (exact) mass is 649 g/mol. The summed E-state index contributed by atoms with van der Waals surface area (Å²) in [5, 5.41) is 18.1. The third-order valence-corrected chi connectivity index (χ3v) is 9.91. The highest BCUT2D eigenvalue weighted by molar-refractivity contribution is 8.44. The predicted octanol–water partition coefficient (Wildman–Crippen LogP) is -0.184. The van der Waals surface area contributed by atoms with Crippen molar-refractivity contribution in [2.75, 3.05) is 18.9 Å². The van der Waals surface area contributed by atoms with Gasteiger partial charge < -0.3 is 25.7 Å². The van der Waals surface area contributed by atoms with Crippen LogP contribution in [0.4, 0.5) is 14.7 Å². The van der Waals surface area contributed by atoms with E-state index in [1.54, 1.807) is 0 Å². The summed E-state index contributed by atoms with van der Waals surface area (Å²) in [6.07, 6.45) is -6.64. The van der Waals surface area contributed by atoms with Gasteiger partial charge in [-0.1, -0.05) is 12.2 Å². The zero-order valence-electron chi connectivity index (χ0n) is 20.9. The molecular formula is C20H22F2N9O8PS2. The molecule has 22 heteroatoms. The first kappa shape index (κ1) is 29.2. The molecule has 0 aromatic carbocycles. The second-order valence-electron chi connectivity index (χ2n) is 9.36. The van der Waals surface area contributed by atoms with E-state index in [2.05, 4.69) is 42.2 Å². The van der Waals surface area contributed by atoms with Crippen LogP contribution in [0, 0.1) is 0 Å². The molecular weight excluding hydrogens is 627 g/mol. The maximum Gasteiger partial charge on any atom is 0.386 e. The van der Waals surface area contributed by atoms with Crippen molar-refractivity contribution in [2.45, 2.75) is 47.5 Å². The van der Waals surface area contributed by atoms with Crippen LogP contribution in [-0.4, -0.2) is 98.4 Å². The number of aromatic nitrogens is 8. The van der Waals surface area contributed by atoms with Crippen LogP contribution in [0.2, 0.25) is 0 Å². The van der Waals surface area contributed by atoms with E-state index in [-0.39, 0.29) is 28.3 Å². The molecule has 0 unspecified atom stereocenters. The van der Waals surface area contributed by atoms with E-state index >= 15 is 8.78 Å². The van der Waals surface area contributed by atoms with Crippen molar-refractivity contribution in [3.05, 3.63) is 39.7 Å². The van der Waals surface area contributed by atoms with Crippen LogP contribution in [0.1, 0.15) is 11.6 Å². The number of nitrogens with two attached hydrogens (primary N) is 1. The Labute approximate surface area is 241 Å². The largest absolute Gasteiger partial charge is 0.395 e. The minimum atomic E-state index is -4.44. The summed E-state index contributed by atoms with van der Waals surface area (Å²) in [7, 11) is 0. The lowest BCUT2D eigenvalue weighted by molar-refractivity contribution is -0.0443. The van der Waals surface area contributed by atoms with Gasteiger partial charge in [0.2, 0.25) is 5.95 Å². The number of aliphatic hydroxyl groups is 2. The molecule has 2 aliphatic rings. The van der Waals surface area contributed by atoms with Crippen molar-refractivity contribution in [2.24, 2.45) is 0 Å². The number of imidazole rings is 2. The number of hydrogen-bond acceptors (Lipinski definition) is 14. The Morgan fingerprint density at radius 2 is 1.86 bits per heavy atom. The molecule has 0 aliphatic carbocycles. The number of H-pyrrole nitrogens is 2. The van der Waals surface area contributed by atoms with Gasteiger partial charge in [-0.2, -0.15) is 4.98 Å². The minimum absolute atomic E-state index is 0.00540. The zero-order valence-corrected chi connectivity index (χ0v) is 23.5. The maximum absolute atomic E-state index is 15.4. The highest BCUT2D eigenvalue weighted by Gasteiger charge is 2.51. The van der Waals surface area contributed by atoms with Crippen molar-refractivity contribution in [1.29, 1.82) is 0 Å². The number of ether oxygens (including phenoxy) is 1. The number of hydrogen-bond donors (Lipinski definition) is 6. The van der Waals surface area contributed by atoms with Crippen LogP contribution in [0.5, 0.6) is 0 Å². The molecule has 9 atom stereocenters. The van der Waals surface area contributed by atoms with Gasteiger partial charge in [0, 0.05) is 0 Å². The molecule has 0 saturated carbocycles. The lowest BCUT2D eigenvalue weighted by Gasteiger charge is -2.25. The smallest absolute Gasteiger partial charge is 0.386 e. The number of thiol groups is 1. The normalized spacial score (nSPS) is 31.3. The molecule has 2 saturated heterocycles. The molecule has 6 rings (SSSR count). The number of nitrogens with one attached hydrogen (secondary N) is 2. The van der Waals surface area contributed by atoms with Crippen LogP contribution in [0.15, 0.2) is 28.6 Å². The fourth-order valence-electron chi connectivity index (χ4n) is 4.77. The number of aromatic amines is 2. The van der Waals surface area contributed by atoms with Crippen molar-refractivity contribution in [3.8, 4) is 0 Å². The zero-order chi connectivity index (χ0) is 29.9. The molecule has 42 heavy (non-hydrogen) atoms. The van der Waals surface area contributed by atoms with E-state index in [9.17, 15) is 24.4 Å². The molecule has 0 spiro atoms. The Balaban J connectivity index is 1.19. The predicted molar refractivity (Wildman–Crippen MR) is 145 cm³/mol. The van der Waals surface area contributed by atoms with E-state index < -0.39 is 78.6 Å². The lowest BCUT2D eigenvalue weighted by Crippen LogP contribution is -2.33. The Bertz CT molecular complexity index is 1800.